The Bertz CT molecular complexity index is 9470. The molecule has 27 aromatic rings. The Morgan fingerprint density at radius 1 is 0.206 bits per heavy atom. The van der Waals surface area contributed by atoms with Crippen LogP contribution in [0.15, 0.2) is 479 Å². The molecule has 672 valence electrons. The Morgan fingerprint density at radius 3 is 0.780 bits per heavy atom. The summed E-state index contributed by atoms with van der Waals surface area (Å²) in [7, 11) is 0. The monoisotopic (exact) mass is 1860 g/mol. The van der Waals surface area contributed by atoms with Gasteiger partial charge in [0.15, 0.2) is 0 Å². The van der Waals surface area contributed by atoms with Gasteiger partial charge in [0.2, 0.25) is 0 Å². The van der Waals surface area contributed by atoms with Crippen LogP contribution in [0.2, 0.25) is 0 Å². The summed E-state index contributed by atoms with van der Waals surface area (Å²) >= 11 is 5.57. The number of thiophene rings is 3. The van der Waals surface area contributed by atoms with Gasteiger partial charge in [-0.1, -0.05) is 285 Å². The summed E-state index contributed by atoms with van der Waals surface area (Å²) in [6.07, 6.45) is 0. The van der Waals surface area contributed by atoms with Crippen molar-refractivity contribution < 1.29 is 5.11 Å². The lowest BCUT2D eigenvalue weighted by atomic mass is 10.00. The van der Waals surface area contributed by atoms with Gasteiger partial charge in [0.25, 0.3) is 0 Å². The Kier molecular flexibility index (Phi) is 22.0. The second-order valence-electron chi connectivity index (χ2n) is 36.5. The lowest BCUT2D eigenvalue weighted by Crippen LogP contribution is -2.10. The van der Waals surface area contributed by atoms with E-state index < -0.39 is 0 Å². The van der Waals surface area contributed by atoms with E-state index in [0.29, 0.717) is 0 Å². The number of aliphatic hydroxyl groups is 1. The highest BCUT2D eigenvalue weighted by molar-refractivity contribution is 7.26. The van der Waals surface area contributed by atoms with Crippen LogP contribution in [-0.2, 0) is 6.61 Å². The van der Waals surface area contributed by atoms with Crippen molar-refractivity contribution in [1.82, 2.24) is 13.7 Å². The third kappa shape index (κ3) is 15.3. The second-order valence-corrected chi connectivity index (χ2v) is 39.7. The van der Waals surface area contributed by atoms with E-state index in [2.05, 4.69) is 523 Å². The fourth-order valence-corrected chi connectivity index (χ4v) is 24.6. The lowest BCUT2D eigenvalue weighted by Gasteiger charge is -2.27. The minimum atomic E-state index is 0.0121. The van der Waals surface area contributed by atoms with Gasteiger partial charge in [-0.25, -0.2) is 0 Å². The molecule has 27 rings (SSSR count). The smallest absolute Gasteiger partial charge is 0.0681 e. The van der Waals surface area contributed by atoms with Crippen LogP contribution in [0, 0.1) is 27.7 Å². The molecule has 6 heterocycles. The maximum Gasteiger partial charge on any atom is 0.0681 e. The van der Waals surface area contributed by atoms with Gasteiger partial charge in [0.05, 0.1) is 56.8 Å². The highest BCUT2D eigenvalue weighted by atomic mass is 32.1. The summed E-state index contributed by atoms with van der Waals surface area (Å²) in [4.78, 5) is 7.16. The molecule has 0 atom stereocenters. The summed E-state index contributed by atoms with van der Waals surface area (Å²) in [6, 6.07) is 174. The SMILES string of the molecule is Cc1ccc(N(c2ccc(-c3ccccc3C)cc2)c2cccc3c2c2ccccc2n3-c2ccc3sc4ccccc4c3c2)cc1.Cc1ccccc1-c1ccc(N(c2ccc(CO)cc2)c2cccc3c2c2ccccc2n3-c2ccc3sc4ccccc4c3c2)cc1.Cc1ccccc1-c1ccc(N(c2ccccc2)c2cccc3c2c2ccccc2n3-c2ccc3sc4ccccc4c3c2)cc1. The first-order valence-electron chi connectivity index (χ1n) is 48.1. The van der Waals surface area contributed by atoms with E-state index in [9.17, 15) is 5.11 Å². The molecule has 0 aliphatic carbocycles. The van der Waals surface area contributed by atoms with Crippen molar-refractivity contribution in [2.24, 2.45) is 0 Å². The van der Waals surface area contributed by atoms with Crippen molar-refractivity contribution in [2.45, 2.75) is 34.3 Å². The summed E-state index contributed by atoms with van der Waals surface area (Å²) < 4.78 is 15.2. The fraction of sp³-hybridized carbons (Fsp3) is 0.0382. The van der Waals surface area contributed by atoms with Gasteiger partial charge in [0, 0.05) is 144 Å². The van der Waals surface area contributed by atoms with E-state index in [0.717, 1.165) is 68.0 Å². The maximum atomic E-state index is 9.83. The molecule has 0 unspecified atom stereocenters. The first-order chi connectivity index (χ1) is 69.6. The van der Waals surface area contributed by atoms with E-state index in [1.807, 2.05) is 46.1 Å². The summed E-state index contributed by atoms with van der Waals surface area (Å²) in [5.74, 6) is 0. The number of aryl methyl sites for hydroxylation is 4. The van der Waals surface area contributed by atoms with Crippen molar-refractivity contribution in [2.75, 3.05) is 14.7 Å². The zero-order valence-corrected chi connectivity index (χ0v) is 80.6. The number of aromatic nitrogens is 3. The van der Waals surface area contributed by atoms with Gasteiger partial charge >= 0.3 is 0 Å². The third-order valence-corrected chi connectivity index (χ3v) is 31.5. The minimum absolute atomic E-state index is 0.0121. The van der Waals surface area contributed by atoms with Gasteiger partial charge in [-0.3, -0.25) is 0 Å². The van der Waals surface area contributed by atoms with Gasteiger partial charge < -0.3 is 33.5 Å². The first kappa shape index (κ1) is 85.7. The average Bonchev–Trinajstić information content (AvgIpc) is 1.58. The minimum Gasteiger partial charge on any atom is -0.392 e. The zero-order valence-electron chi connectivity index (χ0n) is 78.2. The number of anilines is 9. The molecule has 10 heteroatoms. The molecular formula is C131H94N6OS3. The van der Waals surface area contributed by atoms with E-state index in [-0.39, 0.29) is 6.61 Å². The average molecular weight is 1860 g/mol. The van der Waals surface area contributed by atoms with Crippen LogP contribution in [0.5, 0.6) is 0 Å². The largest absolute Gasteiger partial charge is 0.392 e. The number of fused-ring (bicyclic) bond motifs is 18. The number of rotatable bonds is 16. The van der Waals surface area contributed by atoms with Crippen molar-refractivity contribution >= 4 is 211 Å². The fourth-order valence-electron chi connectivity index (χ4n) is 21.3. The number of hydrogen-bond donors (Lipinski definition) is 1. The number of hydrogen-bond acceptors (Lipinski definition) is 7. The molecule has 0 bridgehead atoms. The van der Waals surface area contributed by atoms with Gasteiger partial charge in [-0.2, -0.15) is 0 Å². The number of nitrogens with zero attached hydrogens (tertiary/aromatic N) is 6. The van der Waals surface area contributed by atoms with Crippen LogP contribution in [0.3, 0.4) is 0 Å². The van der Waals surface area contributed by atoms with Crippen molar-refractivity contribution in [3.05, 3.63) is 507 Å². The summed E-state index contributed by atoms with van der Waals surface area (Å²) in [5.41, 5.74) is 34.0. The second kappa shape index (κ2) is 36.2. The van der Waals surface area contributed by atoms with Crippen molar-refractivity contribution in [3.8, 4) is 50.4 Å². The molecule has 0 fully saturated rings. The van der Waals surface area contributed by atoms with Crippen molar-refractivity contribution in [3.63, 3.8) is 0 Å². The predicted octanol–water partition coefficient (Wildman–Crippen LogP) is 37.6. The zero-order chi connectivity index (χ0) is 94.3. The van der Waals surface area contributed by atoms with E-state index in [4.69, 9.17) is 0 Å². The lowest BCUT2D eigenvalue weighted by molar-refractivity contribution is 0.282. The quantitative estimate of drug-likeness (QED) is 0.105. The van der Waals surface area contributed by atoms with E-state index >= 15 is 0 Å². The van der Waals surface area contributed by atoms with E-state index in [1.54, 1.807) is 0 Å². The highest BCUT2D eigenvalue weighted by Crippen LogP contribution is 2.51. The van der Waals surface area contributed by atoms with Crippen LogP contribution in [0.4, 0.5) is 51.2 Å². The topological polar surface area (TPSA) is 44.7 Å². The van der Waals surface area contributed by atoms with Crippen LogP contribution in [0.25, 0.3) is 176 Å². The van der Waals surface area contributed by atoms with Gasteiger partial charge in [-0.15, -0.1) is 34.0 Å². The van der Waals surface area contributed by atoms with Crippen LogP contribution < -0.4 is 14.7 Å². The number of para-hydroxylation sites is 4. The van der Waals surface area contributed by atoms with E-state index in [1.165, 1.54) is 187 Å². The Hall–Kier alpha value is -17.0. The summed E-state index contributed by atoms with van der Waals surface area (Å²) in [5, 5.41) is 25.0. The first-order valence-corrected chi connectivity index (χ1v) is 50.5. The standard InChI is InChI=1S/C44H32N2OS.C44H32N2S.C43H30N2S/c1-29-9-2-3-10-35(29)31-19-23-33(24-20-31)45(32-21-17-30(28-47)18-22-32)40-14-8-15-41-44(40)37-12-4-6-13-39(37)46(41)34-25-26-43-38(27-34)36-11-5-7-16-42(36)48-43;1-29-18-22-32(23-19-29)45(33-24-20-31(21-25-33)35-11-4-3-10-30(35)2)40-15-9-16-41-44(40)37-13-5-7-14-39(37)46(41)34-26-27-43-38(28-34)36-12-6-8-17-42(36)47-43;1-29-12-5-6-15-34(29)30-22-24-32(25-23-30)44(31-13-3-2-4-14-31)39-19-11-20-40-43(39)36-17-7-9-18-38(36)45(40)33-26-27-42-37(28-33)35-16-8-10-21-41(35)46-42/h2-27,47H,28H2,1H3;3-28H,1-2H3;2-28H,1H3. The molecule has 0 spiro atoms. The highest BCUT2D eigenvalue weighted by Gasteiger charge is 2.28. The third-order valence-electron chi connectivity index (χ3n) is 28.0. The molecule has 21 aromatic carbocycles. The molecule has 0 aliphatic rings. The molecule has 141 heavy (non-hydrogen) atoms. The van der Waals surface area contributed by atoms with Gasteiger partial charge in [0.1, 0.15) is 0 Å². The predicted molar refractivity (Wildman–Crippen MR) is 606 cm³/mol. The molecule has 0 amide bonds. The molecule has 0 radical (unpaired) electrons. The molecule has 1 N–H and O–H groups in total. The van der Waals surface area contributed by atoms with Gasteiger partial charge in [-0.05, 0) is 284 Å². The molecule has 0 aliphatic heterocycles. The molecular weight excluding hydrogens is 1770 g/mol. The number of aliphatic hydroxyl groups excluding tert-OH is 1. The Labute approximate surface area is 829 Å². The van der Waals surface area contributed by atoms with Crippen LogP contribution >= 0.6 is 34.0 Å². The molecule has 7 nitrogen and oxygen atoms in total. The number of benzene rings is 21. The Morgan fingerprint density at radius 2 is 0.461 bits per heavy atom. The maximum absolute atomic E-state index is 9.83. The Balaban J connectivity index is 0.000000111. The van der Waals surface area contributed by atoms with Crippen LogP contribution in [0.1, 0.15) is 27.8 Å². The normalized spacial score (nSPS) is 11.6. The summed E-state index contributed by atoms with van der Waals surface area (Å²) in [6.45, 7) is 8.67. The molecule has 0 saturated heterocycles. The molecule has 6 aromatic heterocycles. The van der Waals surface area contributed by atoms with Crippen LogP contribution in [-0.4, -0.2) is 18.8 Å². The van der Waals surface area contributed by atoms with Crippen molar-refractivity contribution in [1.29, 1.82) is 0 Å². The molecule has 0 saturated carbocycles.